The van der Waals surface area contributed by atoms with Crippen LogP contribution in [0.15, 0.2) is 30.3 Å². The van der Waals surface area contributed by atoms with Crippen molar-refractivity contribution in [1.29, 1.82) is 0 Å². The average Bonchev–Trinajstić information content (AvgIpc) is 2.48. The van der Waals surface area contributed by atoms with Crippen LogP contribution in [0.4, 0.5) is 0 Å². The lowest BCUT2D eigenvalue weighted by molar-refractivity contribution is -0.143. The molecule has 3 unspecified atom stereocenters. The molecule has 0 saturated heterocycles. The van der Waals surface area contributed by atoms with Crippen LogP contribution in [0.1, 0.15) is 43.7 Å². The first-order valence-electron chi connectivity index (χ1n) is 7.39. The van der Waals surface area contributed by atoms with Gasteiger partial charge in [-0.3, -0.25) is 9.59 Å². The van der Waals surface area contributed by atoms with Crippen LogP contribution in [-0.4, -0.2) is 23.0 Å². The second-order valence-corrected chi connectivity index (χ2v) is 5.69. The molecule has 1 amide bonds. The molecule has 5 heteroatoms. The second-order valence-electron chi connectivity index (χ2n) is 5.69. The number of aliphatic carboxylic acids is 1. The summed E-state index contributed by atoms with van der Waals surface area (Å²) in [6.45, 7) is 0. The molecular formula is C16H22N2O3. The van der Waals surface area contributed by atoms with Crippen LogP contribution in [0, 0.1) is 5.92 Å². The Morgan fingerprint density at radius 3 is 2.67 bits per heavy atom. The number of hydrogen-bond acceptors (Lipinski definition) is 3. The minimum absolute atomic E-state index is 0.0460. The Labute approximate surface area is 124 Å². The lowest BCUT2D eigenvalue weighted by Gasteiger charge is -2.27. The fourth-order valence-electron chi connectivity index (χ4n) is 2.85. The predicted molar refractivity (Wildman–Crippen MR) is 79.5 cm³/mol. The standard InChI is InChI=1S/C16H22N2O3/c17-14(11-5-2-1-3-6-11)10-15(19)18-13-8-4-7-12(9-13)16(20)21/h1-3,5-6,12-14H,4,7-10,17H2,(H,18,19)(H,20,21). The summed E-state index contributed by atoms with van der Waals surface area (Å²) in [7, 11) is 0. The highest BCUT2D eigenvalue weighted by Crippen LogP contribution is 2.24. The van der Waals surface area contributed by atoms with Crippen LogP contribution in [-0.2, 0) is 9.59 Å². The molecule has 1 saturated carbocycles. The Bertz CT molecular complexity index is 490. The highest BCUT2D eigenvalue weighted by atomic mass is 16.4. The zero-order valence-corrected chi connectivity index (χ0v) is 12.0. The van der Waals surface area contributed by atoms with Gasteiger partial charge in [0.2, 0.25) is 5.91 Å². The van der Waals surface area contributed by atoms with Crippen molar-refractivity contribution in [3.05, 3.63) is 35.9 Å². The number of nitrogens with two attached hydrogens (primary N) is 1. The van der Waals surface area contributed by atoms with E-state index in [2.05, 4.69) is 5.32 Å². The molecule has 3 atom stereocenters. The van der Waals surface area contributed by atoms with Crippen LogP contribution in [0.3, 0.4) is 0 Å². The summed E-state index contributed by atoms with van der Waals surface area (Å²) in [6.07, 6.45) is 3.12. The van der Waals surface area contributed by atoms with Crippen molar-refractivity contribution in [2.45, 2.75) is 44.2 Å². The maximum atomic E-state index is 12.0. The van der Waals surface area contributed by atoms with E-state index >= 15 is 0 Å². The SMILES string of the molecule is NC(CC(=O)NC1CCCC(C(=O)O)C1)c1ccccc1. The molecule has 0 aromatic heterocycles. The molecule has 0 heterocycles. The van der Waals surface area contributed by atoms with Gasteiger partial charge in [-0.15, -0.1) is 0 Å². The van der Waals surface area contributed by atoms with Gasteiger partial charge in [-0.25, -0.2) is 0 Å². The Morgan fingerprint density at radius 2 is 2.00 bits per heavy atom. The number of hydrogen-bond donors (Lipinski definition) is 3. The summed E-state index contributed by atoms with van der Waals surface area (Å²) in [5.74, 6) is -1.22. The molecule has 4 N–H and O–H groups in total. The van der Waals surface area contributed by atoms with Crippen LogP contribution >= 0.6 is 0 Å². The zero-order chi connectivity index (χ0) is 15.2. The highest BCUT2D eigenvalue weighted by Gasteiger charge is 2.28. The molecule has 114 valence electrons. The Hall–Kier alpha value is -1.88. The molecule has 0 radical (unpaired) electrons. The van der Waals surface area contributed by atoms with Gasteiger partial charge < -0.3 is 16.2 Å². The van der Waals surface area contributed by atoms with E-state index in [0.29, 0.717) is 12.8 Å². The minimum Gasteiger partial charge on any atom is -0.481 e. The molecule has 2 rings (SSSR count). The summed E-state index contributed by atoms with van der Waals surface area (Å²) >= 11 is 0. The molecule has 5 nitrogen and oxygen atoms in total. The Kier molecular flexibility index (Phi) is 5.33. The molecule has 0 bridgehead atoms. The van der Waals surface area contributed by atoms with Crippen molar-refractivity contribution in [3.63, 3.8) is 0 Å². The quantitative estimate of drug-likeness (QED) is 0.771. The third-order valence-corrected chi connectivity index (χ3v) is 4.02. The summed E-state index contributed by atoms with van der Waals surface area (Å²) in [4.78, 5) is 23.0. The minimum atomic E-state index is -0.769. The molecule has 1 aromatic rings. The first-order chi connectivity index (χ1) is 10.1. The topological polar surface area (TPSA) is 92.4 Å². The van der Waals surface area contributed by atoms with E-state index < -0.39 is 5.97 Å². The smallest absolute Gasteiger partial charge is 0.306 e. The largest absolute Gasteiger partial charge is 0.481 e. The van der Waals surface area contributed by atoms with E-state index in [1.807, 2.05) is 30.3 Å². The normalized spacial score (nSPS) is 23.3. The fourth-order valence-corrected chi connectivity index (χ4v) is 2.85. The van der Waals surface area contributed by atoms with Crippen molar-refractivity contribution in [2.24, 2.45) is 11.7 Å². The van der Waals surface area contributed by atoms with Crippen molar-refractivity contribution in [2.75, 3.05) is 0 Å². The molecule has 1 fully saturated rings. The van der Waals surface area contributed by atoms with Gasteiger partial charge in [-0.05, 0) is 24.8 Å². The lowest BCUT2D eigenvalue weighted by Crippen LogP contribution is -2.40. The van der Waals surface area contributed by atoms with E-state index in [1.165, 1.54) is 0 Å². The molecule has 1 aliphatic carbocycles. The van der Waals surface area contributed by atoms with Crippen LogP contribution in [0.5, 0.6) is 0 Å². The summed E-state index contributed by atoms with van der Waals surface area (Å²) < 4.78 is 0. The van der Waals surface area contributed by atoms with Gasteiger partial charge in [0.1, 0.15) is 0 Å². The third-order valence-electron chi connectivity index (χ3n) is 4.02. The van der Waals surface area contributed by atoms with Gasteiger partial charge in [-0.2, -0.15) is 0 Å². The fraction of sp³-hybridized carbons (Fsp3) is 0.500. The van der Waals surface area contributed by atoms with E-state index in [-0.39, 0.29) is 30.3 Å². The summed E-state index contributed by atoms with van der Waals surface area (Å²) in [5, 5.41) is 12.0. The maximum Gasteiger partial charge on any atom is 0.306 e. The van der Waals surface area contributed by atoms with Crippen molar-refractivity contribution in [1.82, 2.24) is 5.32 Å². The number of benzene rings is 1. The van der Waals surface area contributed by atoms with Crippen molar-refractivity contribution < 1.29 is 14.7 Å². The zero-order valence-electron chi connectivity index (χ0n) is 12.0. The lowest BCUT2D eigenvalue weighted by atomic mass is 9.85. The van der Waals surface area contributed by atoms with Gasteiger partial charge in [-0.1, -0.05) is 36.8 Å². The first kappa shape index (κ1) is 15.5. The van der Waals surface area contributed by atoms with Gasteiger partial charge in [0, 0.05) is 18.5 Å². The van der Waals surface area contributed by atoms with Crippen molar-refractivity contribution in [3.8, 4) is 0 Å². The van der Waals surface area contributed by atoms with Crippen molar-refractivity contribution >= 4 is 11.9 Å². The number of rotatable bonds is 5. The molecule has 0 aliphatic heterocycles. The van der Waals surface area contributed by atoms with E-state index in [0.717, 1.165) is 18.4 Å². The molecule has 1 aliphatic rings. The summed E-state index contributed by atoms with van der Waals surface area (Å²) in [5.41, 5.74) is 6.95. The second kappa shape index (κ2) is 7.22. The van der Waals surface area contributed by atoms with Gasteiger partial charge in [0.25, 0.3) is 0 Å². The predicted octanol–water partition coefficient (Wildman–Crippen LogP) is 1.84. The van der Waals surface area contributed by atoms with Gasteiger partial charge >= 0.3 is 5.97 Å². The van der Waals surface area contributed by atoms with E-state index in [1.54, 1.807) is 0 Å². The molecular weight excluding hydrogens is 268 g/mol. The number of amides is 1. The third kappa shape index (κ3) is 4.56. The summed E-state index contributed by atoms with van der Waals surface area (Å²) in [6, 6.07) is 9.13. The number of carboxylic acid groups (broad SMARTS) is 1. The number of carboxylic acids is 1. The average molecular weight is 290 g/mol. The van der Waals surface area contributed by atoms with Gasteiger partial charge in [0.05, 0.1) is 5.92 Å². The van der Waals surface area contributed by atoms with Crippen LogP contribution in [0.2, 0.25) is 0 Å². The van der Waals surface area contributed by atoms with Crippen LogP contribution in [0.25, 0.3) is 0 Å². The van der Waals surface area contributed by atoms with Crippen LogP contribution < -0.4 is 11.1 Å². The maximum absolute atomic E-state index is 12.0. The monoisotopic (exact) mass is 290 g/mol. The number of carbonyl (C=O) groups is 2. The molecule has 1 aromatic carbocycles. The molecule has 0 spiro atoms. The molecule has 21 heavy (non-hydrogen) atoms. The number of nitrogens with one attached hydrogen (secondary N) is 1. The Balaban J connectivity index is 1.83. The highest BCUT2D eigenvalue weighted by molar-refractivity contribution is 5.77. The Morgan fingerprint density at radius 1 is 1.29 bits per heavy atom. The first-order valence-corrected chi connectivity index (χ1v) is 7.39. The van der Waals surface area contributed by atoms with Gasteiger partial charge in [0.15, 0.2) is 0 Å². The van der Waals surface area contributed by atoms with E-state index in [4.69, 9.17) is 10.8 Å². The number of carbonyl (C=O) groups excluding carboxylic acids is 1. The van der Waals surface area contributed by atoms with E-state index in [9.17, 15) is 9.59 Å².